The van der Waals surface area contributed by atoms with Gasteiger partial charge < -0.3 is 16.4 Å². The van der Waals surface area contributed by atoms with Gasteiger partial charge in [-0.15, -0.1) is 0 Å². The molecule has 1 fully saturated rings. The van der Waals surface area contributed by atoms with Crippen LogP contribution in [0, 0.1) is 5.92 Å². The summed E-state index contributed by atoms with van der Waals surface area (Å²) in [6.07, 6.45) is 3.97. The molecule has 0 amide bonds. The summed E-state index contributed by atoms with van der Waals surface area (Å²) in [5.74, 6) is 1.70. The molecule has 0 bridgehead atoms. The zero-order valence-electron chi connectivity index (χ0n) is 11.3. The van der Waals surface area contributed by atoms with Crippen molar-refractivity contribution in [2.24, 2.45) is 37.4 Å². The first kappa shape index (κ1) is 13.5. The molecule has 0 saturated carbocycles. The van der Waals surface area contributed by atoms with E-state index < -0.39 is 0 Å². The highest BCUT2D eigenvalue weighted by Gasteiger charge is 2.17. The smallest absolute Gasteiger partial charge is 0.225 e. The lowest BCUT2D eigenvalue weighted by Gasteiger charge is -2.31. The van der Waals surface area contributed by atoms with Crippen molar-refractivity contribution < 1.29 is 0 Å². The third-order valence-corrected chi connectivity index (χ3v) is 3.15. The molecule has 0 radical (unpaired) electrons. The molecule has 0 aromatic rings. The first-order valence-corrected chi connectivity index (χ1v) is 6.62. The van der Waals surface area contributed by atoms with Crippen LogP contribution >= 0.6 is 0 Å². The van der Waals surface area contributed by atoms with E-state index in [1.807, 2.05) is 4.90 Å². The average Bonchev–Trinajstić information content (AvgIpc) is 2.39. The van der Waals surface area contributed by atoms with Crippen LogP contribution in [0.3, 0.4) is 0 Å². The van der Waals surface area contributed by atoms with E-state index in [2.05, 4.69) is 26.9 Å². The summed E-state index contributed by atoms with van der Waals surface area (Å²) in [5, 5.41) is 0. The number of hydrogen-bond donors (Lipinski definition) is 2. The maximum atomic E-state index is 5.96. The minimum atomic E-state index is 0.128. The van der Waals surface area contributed by atoms with Gasteiger partial charge in [0.25, 0.3) is 0 Å². The zero-order chi connectivity index (χ0) is 13.7. The van der Waals surface area contributed by atoms with Gasteiger partial charge in [-0.05, 0) is 18.8 Å². The second-order valence-corrected chi connectivity index (χ2v) is 4.91. The van der Waals surface area contributed by atoms with Gasteiger partial charge in [0.2, 0.25) is 5.96 Å². The summed E-state index contributed by atoms with van der Waals surface area (Å²) in [4.78, 5) is 18.5. The molecule has 0 spiro atoms. The quantitative estimate of drug-likeness (QED) is 0.468. The first-order valence-electron chi connectivity index (χ1n) is 6.62. The van der Waals surface area contributed by atoms with Gasteiger partial charge in [-0.25, -0.2) is 0 Å². The van der Waals surface area contributed by atoms with Crippen molar-refractivity contribution in [2.45, 2.75) is 19.8 Å². The fourth-order valence-electron chi connectivity index (χ4n) is 2.20. The summed E-state index contributed by atoms with van der Waals surface area (Å²) >= 11 is 0. The molecule has 19 heavy (non-hydrogen) atoms. The van der Waals surface area contributed by atoms with Crippen LogP contribution in [0.15, 0.2) is 20.0 Å². The third kappa shape index (κ3) is 4.04. The number of nitrogens with two attached hydrogens (primary N) is 2. The molecule has 0 aromatic carbocycles. The Bertz CT molecular complexity index is 435. The number of likely N-dealkylation sites (tertiary alicyclic amines) is 1. The topological polar surface area (TPSA) is 105 Å². The Balaban J connectivity index is 2.00. The second kappa shape index (κ2) is 6.31. The van der Waals surface area contributed by atoms with Crippen molar-refractivity contribution >= 4 is 24.0 Å². The lowest BCUT2D eigenvalue weighted by molar-refractivity contribution is 0.271. The van der Waals surface area contributed by atoms with Gasteiger partial charge in [-0.1, -0.05) is 6.92 Å². The molecular weight excluding hydrogens is 242 g/mol. The fraction of sp³-hybridized carbons (Fsp3) is 0.667. The molecule has 104 valence electrons. The fourth-order valence-corrected chi connectivity index (χ4v) is 2.20. The van der Waals surface area contributed by atoms with E-state index in [1.54, 1.807) is 6.21 Å². The molecule has 0 aromatic heterocycles. The largest absolute Gasteiger partial charge is 0.369 e. The van der Waals surface area contributed by atoms with Gasteiger partial charge in [0.05, 0.1) is 19.3 Å². The average molecular weight is 263 g/mol. The molecule has 2 rings (SSSR count). The van der Waals surface area contributed by atoms with Crippen molar-refractivity contribution in [3.05, 3.63) is 0 Å². The van der Waals surface area contributed by atoms with E-state index in [1.165, 1.54) is 6.42 Å². The van der Waals surface area contributed by atoms with Gasteiger partial charge in [0, 0.05) is 13.1 Å². The van der Waals surface area contributed by atoms with Gasteiger partial charge in [-0.2, -0.15) is 9.98 Å². The van der Waals surface area contributed by atoms with Crippen LogP contribution in [-0.4, -0.2) is 55.0 Å². The van der Waals surface area contributed by atoms with Crippen LogP contribution in [0.5, 0.6) is 0 Å². The maximum absolute atomic E-state index is 5.96. The highest BCUT2D eigenvalue weighted by atomic mass is 15.3. The Morgan fingerprint density at radius 1 is 1.42 bits per heavy atom. The molecule has 7 heteroatoms. The van der Waals surface area contributed by atoms with Crippen LogP contribution in [0.2, 0.25) is 0 Å². The van der Waals surface area contributed by atoms with Crippen molar-refractivity contribution in [1.29, 1.82) is 0 Å². The molecule has 2 aliphatic rings. The summed E-state index contributed by atoms with van der Waals surface area (Å²) in [6.45, 7) is 5.41. The Kier molecular flexibility index (Phi) is 4.48. The van der Waals surface area contributed by atoms with Gasteiger partial charge in [0.1, 0.15) is 0 Å². The lowest BCUT2D eigenvalue weighted by Crippen LogP contribution is -2.44. The summed E-state index contributed by atoms with van der Waals surface area (Å²) < 4.78 is 0. The van der Waals surface area contributed by atoms with E-state index in [-0.39, 0.29) is 5.96 Å². The maximum Gasteiger partial charge on any atom is 0.225 e. The summed E-state index contributed by atoms with van der Waals surface area (Å²) in [6, 6.07) is 0. The highest BCUT2D eigenvalue weighted by Crippen LogP contribution is 2.14. The van der Waals surface area contributed by atoms with E-state index in [0.29, 0.717) is 30.8 Å². The van der Waals surface area contributed by atoms with Crippen molar-refractivity contribution in [2.75, 3.05) is 26.2 Å². The molecule has 1 saturated heterocycles. The minimum absolute atomic E-state index is 0.128. The van der Waals surface area contributed by atoms with Crippen molar-refractivity contribution in [3.8, 4) is 0 Å². The number of nitrogens with zero attached hydrogens (tertiary/aromatic N) is 5. The van der Waals surface area contributed by atoms with Crippen LogP contribution in [-0.2, 0) is 0 Å². The molecule has 4 N–H and O–H groups in total. The molecule has 1 atom stereocenters. The van der Waals surface area contributed by atoms with Gasteiger partial charge >= 0.3 is 0 Å². The Labute approximate surface area is 113 Å². The Morgan fingerprint density at radius 3 is 2.95 bits per heavy atom. The van der Waals surface area contributed by atoms with E-state index in [9.17, 15) is 0 Å². The monoisotopic (exact) mass is 263 g/mol. The second-order valence-electron chi connectivity index (χ2n) is 4.91. The number of amidine groups is 1. The van der Waals surface area contributed by atoms with E-state index in [0.717, 1.165) is 19.5 Å². The zero-order valence-corrected chi connectivity index (χ0v) is 11.3. The number of guanidine groups is 2. The number of rotatable bonds is 0. The van der Waals surface area contributed by atoms with Crippen LogP contribution in [0.1, 0.15) is 19.8 Å². The van der Waals surface area contributed by atoms with E-state index in [4.69, 9.17) is 11.5 Å². The normalized spacial score (nSPS) is 25.4. The van der Waals surface area contributed by atoms with Crippen molar-refractivity contribution in [1.82, 2.24) is 4.90 Å². The van der Waals surface area contributed by atoms with Crippen LogP contribution in [0.25, 0.3) is 0 Å². The van der Waals surface area contributed by atoms with Crippen LogP contribution < -0.4 is 11.5 Å². The predicted molar refractivity (Wildman–Crippen MR) is 78.9 cm³/mol. The predicted octanol–water partition coefficient (Wildman–Crippen LogP) is -0.169. The Morgan fingerprint density at radius 2 is 2.26 bits per heavy atom. The molecule has 2 heterocycles. The summed E-state index contributed by atoms with van der Waals surface area (Å²) in [5.41, 5.74) is 11.7. The number of piperidine rings is 1. The minimum Gasteiger partial charge on any atom is -0.369 e. The number of hydrogen-bond acceptors (Lipinski definition) is 3. The van der Waals surface area contributed by atoms with E-state index >= 15 is 0 Å². The van der Waals surface area contributed by atoms with Gasteiger partial charge in [-0.3, -0.25) is 9.98 Å². The van der Waals surface area contributed by atoms with Crippen molar-refractivity contribution in [3.63, 3.8) is 0 Å². The first-order chi connectivity index (χ1) is 9.15. The third-order valence-electron chi connectivity index (χ3n) is 3.15. The number of aliphatic imine (C=N–C) groups is 4. The molecule has 2 aliphatic heterocycles. The SMILES string of the molecule is CC1CCCN(C(N)=NC(N)=NC2=NCCN=C2)C1. The summed E-state index contributed by atoms with van der Waals surface area (Å²) in [7, 11) is 0. The van der Waals surface area contributed by atoms with Crippen LogP contribution in [0.4, 0.5) is 0 Å². The molecule has 7 nitrogen and oxygen atoms in total. The molecule has 0 aliphatic carbocycles. The lowest BCUT2D eigenvalue weighted by atomic mass is 10.0. The molecular formula is C12H21N7. The standard InChI is InChI=1S/C12H21N7/c1-9-3-2-6-19(8-9)12(14)18-11(13)17-10-7-15-4-5-16-10/h7,9H,2-6,8H2,1H3,(H4,13,14,16,17,18). The Hall–Kier alpha value is -1.92. The molecule has 1 unspecified atom stereocenters. The van der Waals surface area contributed by atoms with Gasteiger partial charge in [0.15, 0.2) is 11.8 Å². The highest BCUT2D eigenvalue weighted by molar-refractivity contribution is 6.32.